The zero-order valence-electron chi connectivity index (χ0n) is 19.7. The van der Waals surface area contributed by atoms with Crippen molar-refractivity contribution in [1.29, 1.82) is 0 Å². The number of hydrogen-bond donors (Lipinski definition) is 0. The molecule has 0 aliphatic carbocycles. The lowest BCUT2D eigenvalue weighted by molar-refractivity contribution is 0.00800. The molecule has 2 heteroatoms. The average Bonchev–Trinajstić information content (AvgIpc) is 2.79. The molecule has 0 aromatic heterocycles. The Bertz CT molecular complexity index is 908. The Balaban J connectivity index is 2.37. The first-order chi connectivity index (χ1) is 15.2. The molecule has 31 heavy (non-hydrogen) atoms. The second kappa shape index (κ2) is 14.4. The molecule has 0 unspecified atom stereocenters. The molecule has 2 aromatic rings. The van der Waals surface area contributed by atoms with Gasteiger partial charge in [-0.3, -0.25) is 0 Å². The van der Waals surface area contributed by atoms with Gasteiger partial charge in [0.05, 0.1) is 6.08 Å². The van der Waals surface area contributed by atoms with Crippen LogP contribution in [0, 0.1) is 6.92 Å². The summed E-state index contributed by atoms with van der Waals surface area (Å²) in [6, 6.07) is 17.7. The van der Waals surface area contributed by atoms with Gasteiger partial charge in [-0.25, -0.2) is 0 Å². The van der Waals surface area contributed by atoms with Gasteiger partial charge < -0.3 is 5.53 Å². The molecule has 0 fully saturated rings. The predicted octanol–water partition coefficient (Wildman–Crippen LogP) is 8.35. The van der Waals surface area contributed by atoms with E-state index in [9.17, 15) is 0 Å². The summed E-state index contributed by atoms with van der Waals surface area (Å²) in [4.78, 5) is 3.12. The summed E-state index contributed by atoms with van der Waals surface area (Å²) in [6.45, 7) is 6.58. The van der Waals surface area contributed by atoms with Crippen LogP contribution >= 0.6 is 0 Å². The number of benzene rings is 2. The number of aryl methyl sites for hydroxylation is 2. The maximum absolute atomic E-state index is 8.98. The van der Waals surface area contributed by atoms with Gasteiger partial charge in [0.2, 0.25) is 0 Å². The summed E-state index contributed by atoms with van der Waals surface area (Å²) in [6.07, 6.45) is 14.0. The Hall–Kier alpha value is -2.66. The van der Waals surface area contributed by atoms with Gasteiger partial charge in [-0.2, -0.15) is 0 Å². The summed E-state index contributed by atoms with van der Waals surface area (Å²) in [5, 5.41) is 0. The predicted molar refractivity (Wildman–Crippen MR) is 133 cm³/mol. The van der Waals surface area contributed by atoms with Crippen molar-refractivity contribution < 1.29 is 4.79 Å². The third-order valence-electron chi connectivity index (χ3n) is 5.79. The van der Waals surface area contributed by atoms with Gasteiger partial charge in [0, 0.05) is 0 Å². The van der Waals surface area contributed by atoms with Crippen LogP contribution in [-0.2, 0) is 6.42 Å². The van der Waals surface area contributed by atoms with Crippen molar-refractivity contribution in [1.82, 2.24) is 0 Å². The molecule has 0 radical (unpaired) electrons. The molecule has 0 saturated carbocycles. The third kappa shape index (κ3) is 8.54. The lowest BCUT2D eigenvalue weighted by Crippen LogP contribution is -1.97. The fourth-order valence-electron chi connectivity index (χ4n) is 3.99. The first kappa shape index (κ1) is 24.6. The summed E-state index contributed by atoms with van der Waals surface area (Å²) in [5.41, 5.74) is 16.4. The average molecular weight is 415 g/mol. The lowest BCUT2D eigenvalue weighted by Gasteiger charge is -2.15. The Morgan fingerprint density at radius 1 is 0.871 bits per heavy atom. The largest absolute Gasteiger partial charge is 0.348 e. The van der Waals surface area contributed by atoms with E-state index in [4.69, 9.17) is 5.53 Å². The van der Waals surface area contributed by atoms with E-state index in [2.05, 4.69) is 80.0 Å². The highest BCUT2D eigenvalue weighted by Crippen LogP contribution is 2.31. The van der Waals surface area contributed by atoms with Gasteiger partial charge in [0.1, 0.15) is 0 Å². The standard InChI is InChI=1S/C29H38N2/c1-4-6-8-9-10-11-13-25-14-12-16-28(23-25)29(27-19-17-24(3)18-20-27)26(15-7-5-2)21-22-31-30/h12,14,16-21,23H,4-11,13,15H2,1-3H3. The molecule has 0 N–H and O–H groups in total. The van der Waals surface area contributed by atoms with Crippen molar-refractivity contribution in [3.63, 3.8) is 0 Å². The maximum atomic E-state index is 8.98. The fourth-order valence-corrected chi connectivity index (χ4v) is 3.99. The van der Waals surface area contributed by atoms with Crippen molar-refractivity contribution >= 4 is 11.4 Å². The zero-order valence-corrected chi connectivity index (χ0v) is 19.7. The van der Waals surface area contributed by atoms with Crippen LogP contribution in [0.5, 0.6) is 0 Å². The number of unbranched alkanes of at least 4 members (excludes halogenated alkanes) is 6. The van der Waals surface area contributed by atoms with Crippen LogP contribution < -0.4 is 0 Å². The molecule has 2 aromatic carbocycles. The Labute approximate surface area is 189 Å². The molecule has 0 aliphatic rings. The molecule has 0 atom stereocenters. The van der Waals surface area contributed by atoms with Gasteiger partial charge >= 0.3 is 0 Å². The van der Waals surface area contributed by atoms with Gasteiger partial charge in [-0.1, -0.05) is 106 Å². The zero-order chi connectivity index (χ0) is 22.3. The summed E-state index contributed by atoms with van der Waals surface area (Å²) >= 11 is 0. The highest BCUT2D eigenvalue weighted by atomic mass is 14.8. The van der Waals surface area contributed by atoms with E-state index in [1.165, 1.54) is 71.9 Å². The summed E-state index contributed by atoms with van der Waals surface area (Å²) in [5.74, 6) is 2.66. The smallest absolute Gasteiger partial charge is 0.299 e. The first-order valence-electron chi connectivity index (χ1n) is 12.0. The van der Waals surface area contributed by atoms with E-state index in [0.29, 0.717) is 0 Å². The van der Waals surface area contributed by atoms with Crippen molar-refractivity contribution in [3.05, 3.63) is 88.0 Å². The van der Waals surface area contributed by atoms with Gasteiger partial charge in [-0.05, 0) is 60.4 Å². The second-order valence-electron chi connectivity index (χ2n) is 8.46. The number of rotatable bonds is 13. The van der Waals surface area contributed by atoms with Crippen molar-refractivity contribution in [2.24, 2.45) is 0 Å². The van der Waals surface area contributed by atoms with E-state index >= 15 is 0 Å². The molecule has 0 saturated heterocycles. The highest BCUT2D eigenvalue weighted by Gasteiger charge is 2.12. The topological polar surface area (TPSA) is 36.4 Å². The molecule has 0 aliphatic heterocycles. The minimum Gasteiger partial charge on any atom is -0.348 e. The summed E-state index contributed by atoms with van der Waals surface area (Å²) in [7, 11) is 0. The highest BCUT2D eigenvalue weighted by molar-refractivity contribution is 5.85. The van der Waals surface area contributed by atoms with E-state index in [0.717, 1.165) is 25.7 Å². The Morgan fingerprint density at radius 2 is 1.58 bits per heavy atom. The van der Waals surface area contributed by atoms with Crippen LogP contribution in [0.15, 0.2) is 60.2 Å². The van der Waals surface area contributed by atoms with Crippen LogP contribution in [0.1, 0.15) is 93.9 Å². The third-order valence-corrected chi connectivity index (χ3v) is 5.79. The van der Waals surface area contributed by atoms with Gasteiger partial charge in [0.15, 0.2) is 0 Å². The quantitative estimate of drug-likeness (QED) is 0.104. The molecular formula is C29H38N2. The van der Waals surface area contributed by atoms with Crippen LogP contribution in [0.3, 0.4) is 0 Å². The molecule has 2 rings (SSSR count). The van der Waals surface area contributed by atoms with Crippen molar-refractivity contribution in [2.75, 3.05) is 0 Å². The van der Waals surface area contributed by atoms with E-state index < -0.39 is 0 Å². The molecule has 164 valence electrons. The molecule has 2 nitrogen and oxygen atoms in total. The van der Waals surface area contributed by atoms with Crippen LogP contribution in [-0.4, -0.2) is 10.7 Å². The van der Waals surface area contributed by atoms with Crippen LogP contribution in [0.25, 0.3) is 11.1 Å². The molecular weight excluding hydrogens is 376 g/mol. The Morgan fingerprint density at radius 3 is 2.29 bits per heavy atom. The van der Waals surface area contributed by atoms with E-state index in [1.54, 1.807) is 0 Å². The fraction of sp³-hybridized carbons (Fsp3) is 0.448. The van der Waals surface area contributed by atoms with E-state index in [1.807, 2.05) is 6.08 Å². The molecule has 0 heterocycles. The summed E-state index contributed by atoms with van der Waals surface area (Å²) < 4.78 is 0. The molecule has 0 bridgehead atoms. The van der Waals surface area contributed by atoms with E-state index in [-0.39, 0.29) is 0 Å². The maximum Gasteiger partial charge on any atom is 0.299 e. The SMILES string of the molecule is CCCCCCCCc1cccc(C(=C(C=C=[N+]=[N-])CCCC)c2ccc(C)cc2)c1. The normalized spacial score (nSPS) is 11.5. The lowest BCUT2D eigenvalue weighted by atomic mass is 9.89. The van der Waals surface area contributed by atoms with Gasteiger partial charge in [-0.15, -0.1) is 4.79 Å². The van der Waals surface area contributed by atoms with Crippen molar-refractivity contribution in [2.45, 2.75) is 85.0 Å². The number of allylic oxidation sites excluding steroid dienone is 2. The van der Waals surface area contributed by atoms with Crippen LogP contribution in [0.2, 0.25) is 0 Å². The first-order valence-corrected chi connectivity index (χ1v) is 12.0. The number of hydrogen-bond acceptors (Lipinski definition) is 0. The monoisotopic (exact) mass is 414 g/mol. The number of nitrogens with zero attached hydrogens (tertiary/aromatic N) is 2. The minimum absolute atomic E-state index is 0.934. The molecule has 0 amide bonds. The minimum atomic E-state index is 0.934. The molecule has 0 spiro atoms. The Kier molecular flexibility index (Phi) is 11.4. The second-order valence-corrected chi connectivity index (χ2v) is 8.46. The van der Waals surface area contributed by atoms with Crippen molar-refractivity contribution in [3.8, 4) is 0 Å². The van der Waals surface area contributed by atoms with Gasteiger partial charge in [0.25, 0.3) is 5.87 Å². The van der Waals surface area contributed by atoms with Crippen LogP contribution in [0.4, 0.5) is 0 Å².